The van der Waals surface area contributed by atoms with Crippen LogP contribution in [-0.4, -0.2) is 16.2 Å². The van der Waals surface area contributed by atoms with Crippen LogP contribution in [0.1, 0.15) is 26.5 Å². The molecule has 3 heterocycles. The predicted molar refractivity (Wildman–Crippen MR) is 99.8 cm³/mol. The number of nitrogens with one attached hydrogen (secondary N) is 2. The van der Waals surface area contributed by atoms with E-state index < -0.39 is 0 Å². The van der Waals surface area contributed by atoms with E-state index in [4.69, 9.17) is 10.3 Å². The molecule has 4 N–H and O–H groups in total. The molecule has 0 spiro atoms. The molecule has 0 atom stereocenters. The third-order valence-corrected chi connectivity index (χ3v) is 4.45. The first-order valence-electron chi connectivity index (χ1n) is 7.68. The van der Waals surface area contributed by atoms with Gasteiger partial charge in [-0.1, -0.05) is 25.9 Å². The molecule has 0 unspecified atom stereocenters. The summed E-state index contributed by atoms with van der Waals surface area (Å²) in [6.45, 7) is 6.03. The second kappa shape index (κ2) is 6.56. The fraction of sp³-hybridized carbons (Fsp3) is 0.235. The zero-order valence-electron chi connectivity index (χ0n) is 14.2. The number of carbonyl (C=O) groups is 1. The number of pyridine rings is 1. The summed E-state index contributed by atoms with van der Waals surface area (Å²) < 4.78 is 5.24. The zero-order valence-corrected chi connectivity index (χ0v) is 15.0. The van der Waals surface area contributed by atoms with Crippen LogP contribution < -0.4 is 16.4 Å². The van der Waals surface area contributed by atoms with Crippen molar-refractivity contribution in [3.63, 3.8) is 0 Å². The van der Waals surface area contributed by atoms with E-state index in [2.05, 4.69) is 20.8 Å². The number of hydrogen-bond acceptors (Lipinski definition) is 6. The van der Waals surface area contributed by atoms with Gasteiger partial charge in [-0.05, 0) is 24.3 Å². The van der Waals surface area contributed by atoms with Gasteiger partial charge in [-0.3, -0.25) is 10.6 Å². The number of carbonyl (C=O) groups excluding carboxylic acids is 1. The lowest BCUT2D eigenvalue weighted by molar-refractivity contribution is 0.262. The standard InChI is InChI=1S/C17H19N5O2S/c1-17(2,3)12-8-14(22-24-12)20-16(23)21-15-7-5-11(25-15)10-4-6-13(18)19-9-10/h4-9H,1-3H3,(H2,18,19)(H2,20,21,22,23). The van der Waals surface area contributed by atoms with E-state index in [1.807, 2.05) is 39.0 Å². The Hall–Kier alpha value is -2.87. The van der Waals surface area contributed by atoms with Crippen molar-refractivity contribution in [1.29, 1.82) is 0 Å². The molecule has 3 rings (SSSR count). The fourth-order valence-corrected chi connectivity index (χ4v) is 2.95. The van der Waals surface area contributed by atoms with Gasteiger partial charge in [-0.2, -0.15) is 0 Å². The first-order chi connectivity index (χ1) is 11.8. The molecule has 7 nitrogen and oxygen atoms in total. The highest BCUT2D eigenvalue weighted by Gasteiger charge is 2.20. The fourth-order valence-electron chi connectivity index (χ4n) is 2.06. The molecule has 0 fully saturated rings. The lowest BCUT2D eigenvalue weighted by Crippen LogP contribution is -2.18. The molecule has 0 saturated carbocycles. The number of anilines is 3. The smallest absolute Gasteiger partial charge is 0.325 e. The SMILES string of the molecule is CC(C)(C)c1cc(NC(=O)Nc2ccc(-c3ccc(N)nc3)s2)no1. The molecule has 0 aliphatic carbocycles. The number of urea groups is 1. The van der Waals surface area contributed by atoms with E-state index in [0.717, 1.165) is 10.4 Å². The molecule has 0 aromatic carbocycles. The largest absolute Gasteiger partial charge is 0.384 e. The van der Waals surface area contributed by atoms with Gasteiger partial charge in [0, 0.05) is 28.1 Å². The van der Waals surface area contributed by atoms with Crippen LogP contribution in [0.2, 0.25) is 0 Å². The molecule has 0 aliphatic rings. The molecule has 0 radical (unpaired) electrons. The Kier molecular flexibility index (Phi) is 4.45. The molecule has 0 aliphatic heterocycles. The second-order valence-electron chi connectivity index (χ2n) is 6.54. The van der Waals surface area contributed by atoms with Gasteiger partial charge >= 0.3 is 6.03 Å². The van der Waals surface area contributed by atoms with E-state index in [9.17, 15) is 4.79 Å². The first kappa shape index (κ1) is 17.0. The van der Waals surface area contributed by atoms with Crippen LogP contribution >= 0.6 is 11.3 Å². The summed E-state index contributed by atoms with van der Waals surface area (Å²) in [5.74, 6) is 1.55. The highest BCUT2D eigenvalue weighted by Crippen LogP contribution is 2.31. The van der Waals surface area contributed by atoms with Gasteiger partial charge in [0.1, 0.15) is 11.6 Å². The van der Waals surface area contributed by atoms with Crippen molar-refractivity contribution in [2.45, 2.75) is 26.2 Å². The van der Waals surface area contributed by atoms with Crippen LogP contribution in [0.15, 0.2) is 41.1 Å². The van der Waals surface area contributed by atoms with Crippen LogP contribution in [0.5, 0.6) is 0 Å². The molecular weight excluding hydrogens is 338 g/mol. The number of nitrogens with two attached hydrogens (primary N) is 1. The third kappa shape index (κ3) is 4.16. The summed E-state index contributed by atoms with van der Waals surface area (Å²) in [5.41, 5.74) is 6.37. The topological polar surface area (TPSA) is 106 Å². The Bertz CT molecular complexity index is 877. The van der Waals surface area contributed by atoms with Gasteiger partial charge in [0.05, 0.1) is 5.00 Å². The maximum Gasteiger partial charge on any atom is 0.325 e. The average molecular weight is 357 g/mol. The molecule has 8 heteroatoms. The number of amides is 2. The Morgan fingerprint density at radius 3 is 2.64 bits per heavy atom. The maximum atomic E-state index is 12.1. The first-order valence-corrected chi connectivity index (χ1v) is 8.50. The number of thiophene rings is 1. The highest BCUT2D eigenvalue weighted by molar-refractivity contribution is 7.19. The number of hydrogen-bond donors (Lipinski definition) is 3. The third-order valence-electron chi connectivity index (χ3n) is 3.40. The number of nitrogens with zero attached hydrogens (tertiary/aromatic N) is 2. The Balaban J connectivity index is 1.64. The minimum Gasteiger partial charge on any atom is -0.384 e. The number of rotatable bonds is 3. The van der Waals surface area contributed by atoms with E-state index in [0.29, 0.717) is 22.4 Å². The van der Waals surface area contributed by atoms with Gasteiger partial charge in [0.2, 0.25) is 0 Å². The van der Waals surface area contributed by atoms with E-state index in [-0.39, 0.29) is 11.4 Å². The van der Waals surface area contributed by atoms with Crippen molar-refractivity contribution >= 4 is 34.0 Å². The van der Waals surface area contributed by atoms with Crippen LogP contribution in [0.25, 0.3) is 10.4 Å². The quantitative estimate of drug-likeness (QED) is 0.647. The monoisotopic (exact) mass is 357 g/mol. The molecule has 3 aromatic heterocycles. The predicted octanol–water partition coefficient (Wildman–Crippen LogP) is 4.32. The van der Waals surface area contributed by atoms with E-state index in [1.165, 1.54) is 11.3 Å². The van der Waals surface area contributed by atoms with Gasteiger partial charge in [0.25, 0.3) is 0 Å². The summed E-state index contributed by atoms with van der Waals surface area (Å²) in [6, 6.07) is 8.73. The number of nitrogen functional groups attached to an aromatic ring is 1. The maximum absolute atomic E-state index is 12.1. The van der Waals surface area contributed by atoms with Crippen molar-refractivity contribution in [2.75, 3.05) is 16.4 Å². The summed E-state index contributed by atoms with van der Waals surface area (Å²) in [7, 11) is 0. The minimum atomic E-state index is -0.377. The molecule has 0 saturated heterocycles. The van der Waals surface area contributed by atoms with Crippen LogP contribution in [-0.2, 0) is 5.41 Å². The Morgan fingerprint density at radius 2 is 2.00 bits per heavy atom. The lowest BCUT2D eigenvalue weighted by atomic mass is 9.93. The molecule has 2 amide bonds. The Labute approximate surface area is 149 Å². The second-order valence-corrected chi connectivity index (χ2v) is 7.62. The normalized spacial score (nSPS) is 11.3. The van der Waals surface area contributed by atoms with Crippen molar-refractivity contribution in [3.8, 4) is 10.4 Å². The van der Waals surface area contributed by atoms with Crippen molar-refractivity contribution < 1.29 is 9.32 Å². The average Bonchev–Trinajstić information content (AvgIpc) is 3.17. The summed E-state index contributed by atoms with van der Waals surface area (Å²) in [6.07, 6.45) is 1.70. The minimum absolute atomic E-state index is 0.167. The molecule has 130 valence electrons. The van der Waals surface area contributed by atoms with E-state index in [1.54, 1.807) is 18.3 Å². The van der Waals surface area contributed by atoms with Gasteiger partial charge in [-0.25, -0.2) is 9.78 Å². The summed E-state index contributed by atoms with van der Waals surface area (Å²) in [4.78, 5) is 17.2. The Morgan fingerprint density at radius 1 is 1.20 bits per heavy atom. The molecule has 25 heavy (non-hydrogen) atoms. The van der Waals surface area contributed by atoms with Crippen LogP contribution in [0.4, 0.5) is 21.4 Å². The summed E-state index contributed by atoms with van der Waals surface area (Å²) >= 11 is 1.44. The van der Waals surface area contributed by atoms with Crippen LogP contribution in [0.3, 0.4) is 0 Å². The molecule has 0 bridgehead atoms. The zero-order chi connectivity index (χ0) is 18.0. The van der Waals surface area contributed by atoms with E-state index >= 15 is 0 Å². The van der Waals surface area contributed by atoms with Crippen LogP contribution in [0, 0.1) is 0 Å². The molecule has 3 aromatic rings. The van der Waals surface area contributed by atoms with Crippen molar-refractivity contribution in [2.24, 2.45) is 0 Å². The van der Waals surface area contributed by atoms with Gasteiger partial charge in [-0.15, -0.1) is 11.3 Å². The lowest BCUT2D eigenvalue weighted by Gasteiger charge is -2.12. The number of aromatic nitrogens is 2. The van der Waals surface area contributed by atoms with Crippen molar-refractivity contribution in [3.05, 3.63) is 42.3 Å². The van der Waals surface area contributed by atoms with Gasteiger partial charge in [0.15, 0.2) is 5.82 Å². The summed E-state index contributed by atoms with van der Waals surface area (Å²) in [5, 5.41) is 10.0. The highest BCUT2D eigenvalue weighted by atomic mass is 32.1. The van der Waals surface area contributed by atoms with Crippen molar-refractivity contribution in [1.82, 2.24) is 10.1 Å². The van der Waals surface area contributed by atoms with Gasteiger partial charge < -0.3 is 10.3 Å². The molecular formula is C17H19N5O2S.